The van der Waals surface area contributed by atoms with Crippen LogP contribution in [0.2, 0.25) is 0 Å². The Morgan fingerprint density at radius 1 is 0.958 bits per heavy atom. The largest absolute Gasteiger partial charge is 0.496 e. The summed E-state index contributed by atoms with van der Waals surface area (Å²) in [6.07, 6.45) is 12.6. The Kier molecular flexibility index (Phi) is 10.1. The molecule has 0 N–H and O–H groups in total. The number of aromatic nitrogens is 3. The van der Waals surface area contributed by atoms with Gasteiger partial charge in [-0.3, -0.25) is 14.4 Å². The van der Waals surface area contributed by atoms with Gasteiger partial charge in [-0.2, -0.15) is 5.10 Å². The van der Waals surface area contributed by atoms with Gasteiger partial charge in [-0.25, -0.2) is 9.78 Å². The molecule has 1 aliphatic heterocycles. The van der Waals surface area contributed by atoms with E-state index in [4.69, 9.17) is 14.5 Å². The van der Waals surface area contributed by atoms with Gasteiger partial charge in [-0.1, -0.05) is 19.1 Å². The lowest BCUT2D eigenvalue weighted by molar-refractivity contribution is -0.124. The molecular weight excluding hydrogens is 602 g/mol. The van der Waals surface area contributed by atoms with E-state index in [9.17, 15) is 9.59 Å². The molecule has 1 saturated heterocycles. The van der Waals surface area contributed by atoms with Crippen LogP contribution in [0.3, 0.4) is 0 Å². The number of hydrogen-bond acceptors (Lipinski definition) is 6. The number of amides is 2. The maximum atomic E-state index is 14.4. The third-order valence-corrected chi connectivity index (χ3v) is 10.7. The first-order valence-corrected chi connectivity index (χ1v) is 17.9. The van der Waals surface area contributed by atoms with Gasteiger partial charge in [0.15, 0.2) is 0 Å². The van der Waals surface area contributed by atoms with E-state index < -0.39 is 0 Å². The van der Waals surface area contributed by atoms with Crippen LogP contribution in [0.25, 0.3) is 11.1 Å². The van der Waals surface area contributed by atoms with Crippen LogP contribution >= 0.6 is 0 Å². The van der Waals surface area contributed by atoms with E-state index in [0.717, 1.165) is 55.6 Å². The minimum absolute atomic E-state index is 0.114. The van der Waals surface area contributed by atoms with Crippen LogP contribution in [0.15, 0.2) is 48.9 Å². The second-order valence-electron chi connectivity index (χ2n) is 15.5. The lowest BCUT2D eigenvalue weighted by Gasteiger charge is -2.38. The molecule has 2 amide bonds. The highest BCUT2D eigenvalue weighted by atomic mass is 16.6. The van der Waals surface area contributed by atoms with Crippen molar-refractivity contribution in [3.63, 3.8) is 0 Å². The molecule has 0 bridgehead atoms. The standard InChI is InChI=1S/C39H53N5O4/c1-26-22-42(23-26)38(46)48-34-14-11-30(12-15-34)37(45)43(36-20-32(17-18-40-36)33-21-41-44(25-33)39(3,4)5)24-28-7-9-29(10-8-28)31-13-16-35(47-6)27(2)19-31/h13,16-21,25-26,28-30,34H,7-12,14-15,22-24H2,1-6H3/t28-,29-,30-,34-. The molecule has 3 aromatic rings. The van der Waals surface area contributed by atoms with Crippen molar-refractivity contribution in [1.29, 1.82) is 0 Å². The number of hydrogen-bond donors (Lipinski definition) is 0. The number of aryl methyl sites for hydroxylation is 1. The zero-order valence-electron chi connectivity index (χ0n) is 29.7. The molecule has 0 unspecified atom stereocenters. The predicted molar refractivity (Wildman–Crippen MR) is 188 cm³/mol. The summed E-state index contributed by atoms with van der Waals surface area (Å²) in [5.74, 6) is 3.12. The molecule has 9 nitrogen and oxygen atoms in total. The second-order valence-corrected chi connectivity index (χ2v) is 15.5. The van der Waals surface area contributed by atoms with Crippen molar-refractivity contribution in [3.8, 4) is 16.9 Å². The Morgan fingerprint density at radius 3 is 2.31 bits per heavy atom. The summed E-state index contributed by atoms with van der Waals surface area (Å²) in [7, 11) is 1.72. The van der Waals surface area contributed by atoms with Gasteiger partial charge in [0.1, 0.15) is 17.7 Å². The number of benzene rings is 1. The Hall–Kier alpha value is -3.88. The molecule has 3 heterocycles. The summed E-state index contributed by atoms with van der Waals surface area (Å²) >= 11 is 0. The van der Waals surface area contributed by atoms with E-state index in [1.165, 1.54) is 11.1 Å². The van der Waals surface area contributed by atoms with Crippen molar-refractivity contribution in [2.24, 2.45) is 17.8 Å². The van der Waals surface area contributed by atoms with E-state index in [2.05, 4.69) is 70.2 Å². The van der Waals surface area contributed by atoms with Gasteiger partial charge >= 0.3 is 6.09 Å². The van der Waals surface area contributed by atoms with Gasteiger partial charge in [0.2, 0.25) is 5.91 Å². The third kappa shape index (κ3) is 7.71. The van der Waals surface area contributed by atoms with E-state index in [-0.39, 0.29) is 29.6 Å². The van der Waals surface area contributed by atoms with Crippen LogP contribution in [0.4, 0.5) is 10.6 Å². The second kappa shape index (κ2) is 14.3. The lowest BCUT2D eigenvalue weighted by Crippen LogP contribution is -2.50. The molecule has 0 atom stereocenters. The Balaban J connectivity index is 1.16. The summed E-state index contributed by atoms with van der Waals surface area (Å²) < 4.78 is 13.3. The van der Waals surface area contributed by atoms with Crippen molar-refractivity contribution in [3.05, 3.63) is 60.0 Å². The molecule has 2 saturated carbocycles. The first kappa shape index (κ1) is 34.0. The van der Waals surface area contributed by atoms with Crippen LogP contribution < -0.4 is 9.64 Å². The zero-order chi connectivity index (χ0) is 34.0. The number of pyridine rings is 1. The van der Waals surface area contributed by atoms with Gasteiger partial charge in [0.05, 0.1) is 18.8 Å². The van der Waals surface area contributed by atoms with Crippen LogP contribution in [0.1, 0.15) is 96.1 Å². The van der Waals surface area contributed by atoms with Crippen molar-refractivity contribution in [2.45, 2.75) is 104 Å². The number of ether oxygens (including phenoxy) is 2. The summed E-state index contributed by atoms with van der Waals surface area (Å²) in [4.78, 5) is 35.5. The zero-order valence-corrected chi connectivity index (χ0v) is 29.7. The summed E-state index contributed by atoms with van der Waals surface area (Å²) in [6, 6.07) is 10.6. The highest BCUT2D eigenvalue weighted by Crippen LogP contribution is 2.39. The lowest BCUT2D eigenvalue weighted by atomic mass is 9.78. The topological polar surface area (TPSA) is 89.8 Å². The number of rotatable bonds is 8. The minimum atomic E-state index is -0.208. The first-order valence-electron chi connectivity index (χ1n) is 17.9. The molecule has 48 heavy (non-hydrogen) atoms. The smallest absolute Gasteiger partial charge is 0.410 e. The SMILES string of the molecule is COc1ccc([C@H]2CC[C@H](CN(c3cc(-c4cnn(C(C)(C)C)c4)ccn3)C(=O)[C@H]3CC[C@H](OC(=O)N4CC(C)C4)CC3)CC2)cc1C. The van der Waals surface area contributed by atoms with Gasteiger partial charge in [0.25, 0.3) is 0 Å². The molecule has 9 heteroatoms. The molecule has 1 aromatic carbocycles. The average Bonchev–Trinajstić information content (AvgIpc) is 3.58. The van der Waals surface area contributed by atoms with Gasteiger partial charge in [-0.15, -0.1) is 0 Å². The van der Waals surface area contributed by atoms with E-state index >= 15 is 0 Å². The van der Waals surface area contributed by atoms with E-state index in [1.807, 2.05) is 28.0 Å². The first-order chi connectivity index (χ1) is 23.0. The number of carbonyl (C=O) groups excluding carboxylic acids is 2. The number of likely N-dealkylation sites (tertiary alicyclic amines) is 1. The van der Waals surface area contributed by atoms with Gasteiger partial charge in [-0.05, 0) is 132 Å². The van der Waals surface area contributed by atoms with Crippen LogP contribution in [0.5, 0.6) is 5.75 Å². The van der Waals surface area contributed by atoms with Crippen molar-refractivity contribution < 1.29 is 19.1 Å². The fourth-order valence-corrected chi connectivity index (χ4v) is 7.69. The number of carbonyl (C=O) groups is 2. The van der Waals surface area contributed by atoms with Gasteiger partial charge in [0, 0.05) is 43.5 Å². The van der Waals surface area contributed by atoms with Crippen LogP contribution in [-0.2, 0) is 15.1 Å². The Bertz CT molecular complexity index is 1570. The monoisotopic (exact) mass is 655 g/mol. The molecular formula is C39H53N5O4. The molecule has 258 valence electrons. The molecule has 2 aliphatic carbocycles. The molecule has 2 aromatic heterocycles. The van der Waals surface area contributed by atoms with E-state index in [0.29, 0.717) is 55.8 Å². The number of methoxy groups -OCH3 is 1. The quantitative estimate of drug-likeness (QED) is 0.245. The average molecular weight is 656 g/mol. The minimum Gasteiger partial charge on any atom is -0.496 e. The number of anilines is 1. The molecule has 3 aliphatic rings. The fourth-order valence-electron chi connectivity index (χ4n) is 7.69. The summed E-state index contributed by atoms with van der Waals surface area (Å²) in [6.45, 7) is 12.8. The van der Waals surface area contributed by atoms with Crippen molar-refractivity contribution in [2.75, 3.05) is 31.6 Å². The third-order valence-electron chi connectivity index (χ3n) is 10.7. The van der Waals surface area contributed by atoms with Crippen molar-refractivity contribution in [1.82, 2.24) is 19.7 Å². The predicted octanol–water partition coefficient (Wildman–Crippen LogP) is 7.97. The highest BCUT2D eigenvalue weighted by Gasteiger charge is 2.36. The molecule has 6 rings (SSSR count). The van der Waals surface area contributed by atoms with E-state index in [1.54, 1.807) is 12.0 Å². The summed E-state index contributed by atoms with van der Waals surface area (Å²) in [5, 5.41) is 4.61. The van der Waals surface area contributed by atoms with Gasteiger partial charge < -0.3 is 14.4 Å². The molecule has 0 spiro atoms. The molecule has 0 radical (unpaired) electrons. The Morgan fingerprint density at radius 2 is 1.69 bits per heavy atom. The Labute approximate surface area is 286 Å². The van der Waals surface area contributed by atoms with Crippen molar-refractivity contribution >= 4 is 17.8 Å². The fraction of sp³-hybridized carbons (Fsp3) is 0.590. The van der Waals surface area contributed by atoms with Crippen LogP contribution in [0, 0.1) is 24.7 Å². The van der Waals surface area contributed by atoms with Crippen LogP contribution in [-0.4, -0.2) is 64.5 Å². The number of nitrogens with zero attached hydrogens (tertiary/aromatic N) is 5. The summed E-state index contributed by atoms with van der Waals surface area (Å²) in [5.41, 5.74) is 4.44. The maximum Gasteiger partial charge on any atom is 0.410 e. The highest BCUT2D eigenvalue weighted by molar-refractivity contribution is 5.94. The normalized spacial score (nSPS) is 23.3. The molecule has 3 fully saturated rings. The maximum absolute atomic E-state index is 14.4.